The number of piperidine rings is 1. The van der Waals surface area contributed by atoms with Crippen molar-refractivity contribution in [3.63, 3.8) is 0 Å². The average molecular weight is 399 g/mol. The lowest BCUT2D eigenvalue weighted by Crippen LogP contribution is -2.45. The second kappa shape index (κ2) is 7.94. The molecule has 3 heterocycles. The van der Waals surface area contributed by atoms with E-state index in [9.17, 15) is 13.6 Å². The SMILES string of the molecule is Cn1nc(-c2ccc(F)cc2)cc1C(=O)N1CCC[C@H](Oc2ncc(F)cn2)C1. The highest BCUT2D eigenvalue weighted by Gasteiger charge is 2.28. The van der Waals surface area contributed by atoms with Crippen LogP contribution in [-0.2, 0) is 7.05 Å². The van der Waals surface area contributed by atoms with E-state index in [1.807, 2.05) is 0 Å². The smallest absolute Gasteiger partial charge is 0.316 e. The third kappa shape index (κ3) is 4.23. The number of hydrogen-bond acceptors (Lipinski definition) is 5. The Kier molecular flexibility index (Phi) is 5.20. The molecule has 0 bridgehead atoms. The highest BCUT2D eigenvalue weighted by Crippen LogP contribution is 2.22. The zero-order chi connectivity index (χ0) is 20.4. The van der Waals surface area contributed by atoms with Crippen LogP contribution in [0.4, 0.5) is 8.78 Å². The van der Waals surface area contributed by atoms with Gasteiger partial charge < -0.3 is 9.64 Å². The maximum absolute atomic E-state index is 13.1. The topological polar surface area (TPSA) is 73.1 Å². The van der Waals surface area contributed by atoms with Crippen LogP contribution >= 0.6 is 0 Å². The van der Waals surface area contributed by atoms with E-state index in [4.69, 9.17) is 4.74 Å². The highest BCUT2D eigenvalue weighted by atomic mass is 19.1. The van der Waals surface area contributed by atoms with Crippen LogP contribution in [0, 0.1) is 11.6 Å². The summed E-state index contributed by atoms with van der Waals surface area (Å²) in [5.41, 5.74) is 1.76. The Bertz CT molecular complexity index is 1000. The summed E-state index contributed by atoms with van der Waals surface area (Å²) in [4.78, 5) is 22.3. The number of hydrogen-bond donors (Lipinski definition) is 0. The minimum Gasteiger partial charge on any atom is -0.458 e. The van der Waals surface area contributed by atoms with Crippen molar-refractivity contribution >= 4 is 5.91 Å². The molecule has 7 nitrogen and oxygen atoms in total. The molecular weight excluding hydrogens is 380 g/mol. The van der Waals surface area contributed by atoms with Gasteiger partial charge in [0.05, 0.1) is 24.6 Å². The minimum atomic E-state index is -0.536. The van der Waals surface area contributed by atoms with E-state index < -0.39 is 5.82 Å². The van der Waals surface area contributed by atoms with Crippen molar-refractivity contribution in [2.75, 3.05) is 13.1 Å². The Morgan fingerprint density at radius 2 is 1.86 bits per heavy atom. The molecule has 29 heavy (non-hydrogen) atoms. The average Bonchev–Trinajstić information content (AvgIpc) is 3.11. The quantitative estimate of drug-likeness (QED) is 0.675. The van der Waals surface area contributed by atoms with Gasteiger partial charge in [-0.2, -0.15) is 5.10 Å². The summed E-state index contributed by atoms with van der Waals surface area (Å²) in [6.07, 6.45) is 3.32. The van der Waals surface area contributed by atoms with Gasteiger partial charge in [-0.05, 0) is 43.2 Å². The minimum absolute atomic E-state index is 0.0878. The molecule has 0 unspecified atom stereocenters. The van der Waals surface area contributed by atoms with Crippen molar-refractivity contribution in [3.05, 3.63) is 60.1 Å². The Morgan fingerprint density at radius 1 is 1.14 bits per heavy atom. The lowest BCUT2D eigenvalue weighted by atomic mass is 10.1. The van der Waals surface area contributed by atoms with E-state index in [1.54, 1.807) is 30.1 Å². The van der Waals surface area contributed by atoms with E-state index in [0.29, 0.717) is 24.5 Å². The summed E-state index contributed by atoms with van der Waals surface area (Å²) in [6, 6.07) is 7.75. The molecule has 1 atom stereocenters. The highest BCUT2D eigenvalue weighted by molar-refractivity contribution is 5.93. The van der Waals surface area contributed by atoms with E-state index in [2.05, 4.69) is 15.1 Å². The van der Waals surface area contributed by atoms with Crippen LogP contribution in [0.3, 0.4) is 0 Å². The van der Waals surface area contributed by atoms with Gasteiger partial charge in [0, 0.05) is 19.2 Å². The number of likely N-dealkylation sites (tertiary alicyclic amines) is 1. The normalized spacial score (nSPS) is 16.7. The molecule has 9 heteroatoms. The zero-order valence-corrected chi connectivity index (χ0v) is 15.8. The zero-order valence-electron chi connectivity index (χ0n) is 15.8. The molecule has 1 fully saturated rings. The maximum atomic E-state index is 13.1. The molecule has 0 spiro atoms. The number of amides is 1. The van der Waals surface area contributed by atoms with Crippen molar-refractivity contribution in [1.82, 2.24) is 24.6 Å². The van der Waals surface area contributed by atoms with Crippen LogP contribution in [-0.4, -0.2) is 49.7 Å². The molecule has 0 aliphatic carbocycles. The summed E-state index contributed by atoms with van der Waals surface area (Å²) in [7, 11) is 1.70. The van der Waals surface area contributed by atoms with Gasteiger partial charge in [0.2, 0.25) is 0 Å². The fourth-order valence-electron chi connectivity index (χ4n) is 3.32. The molecule has 2 aromatic heterocycles. The van der Waals surface area contributed by atoms with Crippen LogP contribution in [0.5, 0.6) is 6.01 Å². The van der Waals surface area contributed by atoms with Crippen LogP contribution in [0.1, 0.15) is 23.3 Å². The molecule has 1 aromatic carbocycles. The number of halogens is 2. The predicted octanol–water partition coefficient (Wildman–Crippen LogP) is 2.84. The predicted molar refractivity (Wildman–Crippen MR) is 100 cm³/mol. The van der Waals surface area contributed by atoms with Crippen molar-refractivity contribution in [2.24, 2.45) is 7.05 Å². The van der Waals surface area contributed by atoms with Crippen LogP contribution < -0.4 is 4.74 Å². The van der Waals surface area contributed by atoms with E-state index >= 15 is 0 Å². The first-order chi connectivity index (χ1) is 14.0. The number of carbonyl (C=O) groups is 1. The van der Waals surface area contributed by atoms with Crippen LogP contribution in [0.25, 0.3) is 11.3 Å². The molecule has 1 aliphatic heterocycles. The summed E-state index contributed by atoms with van der Waals surface area (Å²) in [5.74, 6) is -1.03. The Hall–Kier alpha value is -3.36. The van der Waals surface area contributed by atoms with E-state index in [0.717, 1.165) is 30.8 Å². The first-order valence-corrected chi connectivity index (χ1v) is 9.23. The molecule has 1 amide bonds. The number of aromatic nitrogens is 4. The lowest BCUT2D eigenvalue weighted by molar-refractivity contribution is 0.0506. The first kappa shape index (κ1) is 19.0. The Balaban J connectivity index is 1.47. The second-order valence-corrected chi connectivity index (χ2v) is 6.86. The number of benzene rings is 1. The summed E-state index contributed by atoms with van der Waals surface area (Å²) < 4.78 is 33.3. The van der Waals surface area contributed by atoms with Crippen molar-refractivity contribution < 1.29 is 18.3 Å². The Morgan fingerprint density at radius 3 is 2.59 bits per heavy atom. The molecular formula is C20H19F2N5O2. The van der Waals surface area contributed by atoms with Gasteiger partial charge in [-0.15, -0.1) is 0 Å². The number of carbonyl (C=O) groups excluding carboxylic acids is 1. The molecule has 0 N–H and O–H groups in total. The molecule has 0 radical (unpaired) electrons. The van der Waals surface area contributed by atoms with Crippen molar-refractivity contribution in [3.8, 4) is 17.3 Å². The summed E-state index contributed by atoms with van der Waals surface area (Å²) >= 11 is 0. The van der Waals surface area contributed by atoms with E-state index in [1.165, 1.54) is 16.8 Å². The maximum Gasteiger partial charge on any atom is 0.316 e. The van der Waals surface area contributed by atoms with Crippen molar-refractivity contribution in [1.29, 1.82) is 0 Å². The molecule has 4 rings (SSSR count). The fraction of sp³-hybridized carbons (Fsp3) is 0.300. The van der Waals surface area contributed by atoms with Crippen LogP contribution in [0.15, 0.2) is 42.7 Å². The lowest BCUT2D eigenvalue weighted by Gasteiger charge is -2.32. The van der Waals surface area contributed by atoms with Gasteiger partial charge in [-0.1, -0.05) is 0 Å². The number of rotatable bonds is 4. The number of aryl methyl sites for hydroxylation is 1. The molecule has 150 valence electrons. The second-order valence-electron chi connectivity index (χ2n) is 6.86. The molecule has 1 saturated heterocycles. The fourth-order valence-corrected chi connectivity index (χ4v) is 3.32. The Labute approximate surface area is 166 Å². The monoisotopic (exact) mass is 399 g/mol. The van der Waals surface area contributed by atoms with Gasteiger partial charge in [-0.25, -0.2) is 18.7 Å². The van der Waals surface area contributed by atoms with Crippen LogP contribution in [0.2, 0.25) is 0 Å². The standard InChI is InChI=1S/C20H19F2N5O2/c1-26-18(9-17(25-26)13-4-6-14(21)7-5-13)19(28)27-8-2-3-16(12-27)29-20-23-10-15(22)11-24-20/h4-7,9-11,16H,2-3,8,12H2,1H3/t16-/m0/s1. The van der Waals surface area contributed by atoms with Gasteiger partial charge in [-0.3, -0.25) is 9.48 Å². The van der Waals surface area contributed by atoms with Gasteiger partial charge >= 0.3 is 6.01 Å². The largest absolute Gasteiger partial charge is 0.458 e. The number of nitrogens with zero attached hydrogens (tertiary/aromatic N) is 5. The summed E-state index contributed by atoms with van der Waals surface area (Å²) in [5, 5.41) is 4.38. The van der Waals surface area contributed by atoms with Gasteiger partial charge in [0.25, 0.3) is 5.91 Å². The van der Waals surface area contributed by atoms with Gasteiger partial charge in [0.15, 0.2) is 5.82 Å². The number of ether oxygens (including phenoxy) is 1. The first-order valence-electron chi connectivity index (χ1n) is 9.23. The van der Waals surface area contributed by atoms with E-state index in [-0.39, 0.29) is 23.8 Å². The molecule has 3 aromatic rings. The van der Waals surface area contributed by atoms with Crippen molar-refractivity contribution in [2.45, 2.75) is 18.9 Å². The third-order valence-electron chi connectivity index (χ3n) is 4.77. The molecule has 0 saturated carbocycles. The van der Waals surface area contributed by atoms with Gasteiger partial charge in [0.1, 0.15) is 17.6 Å². The summed E-state index contributed by atoms with van der Waals surface area (Å²) in [6.45, 7) is 0.969. The third-order valence-corrected chi connectivity index (χ3v) is 4.77. The molecule has 1 aliphatic rings.